The highest BCUT2D eigenvalue weighted by Gasteiger charge is 2.26. The average molecular weight is 415 g/mol. The minimum Gasteiger partial charge on any atom is -0.389 e. The van der Waals surface area contributed by atoms with Crippen LogP contribution in [0.2, 0.25) is 0 Å². The predicted molar refractivity (Wildman–Crippen MR) is 116 cm³/mol. The summed E-state index contributed by atoms with van der Waals surface area (Å²) >= 11 is 0. The number of piperidine rings is 1. The molecule has 2 N–H and O–H groups in total. The maximum atomic E-state index is 9.62. The molecule has 29 heavy (non-hydrogen) atoms. The highest BCUT2D eigenvalue weighted by atomic mass is 35.5. The summed E-state index contributed by atoms with van der Waals surface area (Å²) in [5.74, 6) is 2.93. The molecule has 0 saturated carbocycles. The Hall–Kier alpha value is -2.22. The first-order chi connectivity index (χ1) is 13.6. The second-order valence-electron chi connectivity index (χ2n) is 8.04. The molecule has 2 fully saturated rings. The van der Waals surface area contributed by atoms with Gasteiger partial charge in [-0.15, -0.1) is 12.4 Å². The number of fused-ring (bicyclic) bond motifs is 1. The van der Waals surface area contributed by atoms with Crippen molar-refractivity contribution in [2.45, 2.75) is 38.7 Å². The van der Waals surface area contributed by atoms with Crippen LogP contribution in [0.25, 0.3) is 16.7 Å². The summed E-state index contributed by atoms with van der Waals surface area (Å²) in [7, 11) is 0. The van der Waals surface area contributed by atoms with Crippen LogP contribution in [0.4, 0.5) is 5.82 Å². The van der Waals surface area contributed by atoms with E-state index in [2.05, 4.69) is 44.3 Å². The number of β-amino-alcohol motifs (C(OH)–C–C–N with tert-alkyl or cyclic N) is 1. The van der Waals surface area contributed by atoms with Crippen LogP contribution in [0, 0.1) is 13.8 Å². The third-order valence-corrected chi connectivity index (χ3v) is 5.95. The van der Waals surface area contributed by atoms with E-state index in [-0.39, 0.29) is 18.5 Å². The van der Waals surface area contributed by atoms with E-state index in [9.17, 15) is 5.11 Å². The molecule has 0 amide bonds. The number of halogens is 1. The molecule has 0 unspecified atom stereocenters. The summed E-state index contributed by atoms with van der Waals surface area (Å²) in [6, 6.07) is 6.52. The highest BCUT2D eigenvalue weighted by Crippen LogP contribution is 2.32. The number of rotatable bonds is 3. The van der Waals surface area contributed by atoms with Gasteiger partial charge >= 0.3 is 0 Å². The van der Waals surface area contributed by atoms with Crippen molar-refractivity contribution in [3.8, 4) is 5.82 Å². The van der Waals surface area contributed by atoms with Gasteiger partial charge in [0.25, 0.3) is 0 Å². The van der Waals surface area contributed by atoms with E-state index in [1.807, 2.05) is 23.9 Å². The van der Waals surface area contributed by atoms with Gasteiger partial charge in [0.15, 0.2) is 5.82 Å². The zero-order valence-corrected chi connectivity index (χ0v) is 17.6. The van der Waals surface area contributed by atoms with E-state index in [0.717, 1.165) is 35.6 Å². The van der Waals surface area contributed by atoms with Gasteiger partial charge in [0, 0.05) is 24.5 Å². The number of hydrogen-bond donors (Lipinski definition) is 2. The molecule has 0 bridgehead atoms. The van der Waals surface area contributed by atoms with Gasteiger partial charge in [0.2, 0.25) is 0 Å². The van der Waals surface area contributed by atoms with Crippen molar-refractivity contribution in [3.63, 3.8) is 0 Å². The number of benzene rings is 1. The minimum atomic E-state index is -0.264. The summed E-state index contributed by atoms with van der Waals surface area (Å²) in [5.41, 5.74) is 3.85. The molecule has 0 aliphatic carbocycles. The first-order valence-electron chi connectivity index (χ1n) is 10.1. The van der Waals surface area contributed by atoms with E-state index < -0.39 is 0 Å². The third kappa shape index (κ3) is 3.70. The molecule has 4 heterocycles. The second kappa shape index (κ2) is 7.89. The Kier molecular flexibility index (Phi) is 5.46. The molecule has 2 aromatic heterocycles. The lowest BCUT2D eigenvalue weighted by Crippen LogP contribution is -2.51. The fraction of sp³-hybridized carbons (Fsp3) is 0.476. The molecular weight excluding hydrogens is 388 g/mol. The fourth-order valence-electron chi connectivity index (χ4n) is 4.41. The van der Waals surface area contributed by atoms with Crippen LogP contribution in [0.5, 0.6) is 0 Å². The van der Waals surface area contributed by atoms with Crippen LogP contribution in [0.1, 0.15) is 35.7 Å². The van der Waals surface area contributed by atoms with Gasteiger partial charge in [0.1, 0.15) is 11.6 Å². The van der Waals surface area contributed by atoms with Gasteiger partial charge in [-0.25, -0.2) is 14.6 Å². The number of aromatic nitrogens is 4. The van der Waals surface area contributed by atoms with Crippen molar-refractivity contribution in [1.29, 1.82) is 0 Å². The quantitative estimate of drug-likeness (QED) is 0.685. The average Bonchev–Trinajstić information content (AvgIpc) is 3.07. The van der Waals surface area contributed by atoms with Crippen molar-refractivity contribution < 1.29 is 5.11 Å². The normalized spacial score (nSPS) is 18.0. The SMILES string of the molecule is Cc1nc(N2CC(O)C2)cc(-n2ncc3cc(C)c(C4CCNCC4)cc32)n1.Cl. The molecule has 154 valence electrons. The topological polar surface area (TPSA) is 79.1 Å². The number of aliphatic hydroxyl groups is 1. The Morgan fingerprint density at radius 2 is 1.76 bits per heavy atom. The number of anilines is 1. The number of nitrogens with one attached hydrogen (secondary N) is 1. The van der Waals surface area contributed by atoms with Crippen LogP contribution < -0.4 is 10.2 Å². The van der Waals surface area contributed by atoms with Crippen LogP contribution in [0.15, 0.2) is 24.4 Å². The standard InChI is InChI=1S/C21H26N6O.ClH/c1-13-7-16-10-23-27(19(16)8-18(13)15-3-5-22-6-4-15)21-9-20(24-14(2)25-21)26-11-17(28)12-26;/h7-10,15,17,22,28H,3-6,11-12H2,1-2H3;1H. The lowest BCUT2D eigenvalue weighted by atomic mass is 9.87. The van der Waals surface area contributed by atoms with E-state index in [0.29, 0.717) is 24.8 Å². The van der Waals surface area contributed by atoms with Gasteiger partial charge in [-0.05, 0) is 69.0 Å². The molecule has 5 rings (SSSR count). The second-order valence-corrected chi connectivity index (χ2v) is 8.04. The monoisotopic (exact) mass is 414 g/mol. The molecule has 2 aliphatic rings. The van der Waals surface area contributed by atoms with Crippen LogP contribution in [-0.2, 0) is 0 Å². The van der Waals surface area contributed by atoms with Gasteiger partial charge in [0.05, 0.1) is 17.8 Å². The van der Waals surface area contributed by atoms with Crippen molar-refractivity contribution in [1.82, 2.24) is 25.1 Å². The molecule has 2 aliphatic heterocycles. The van der Waals surface area contributed by atoms with E-state index in [4.69, 9.17) is 0 Å². The molecule has 0 radical (unpaired) electrons. The molecule has 2 saturated heterocycles. The van der Waals surface area contributed by atoms with Crippen LogP contribution in [-0.4, -0.2) is 57.1 Å². The Morgan fingerprint density at radius 1 is 1.03 bits per heavy atom. The number of aryl methyl sites for hydroxylation is 2. The first kappa shape index (κ1) is 20.1. The molecule has 7 nitrogen and oxygen atoms in total. The van der Waals surface area contributed by atoms with Crippen molar-refractivity contribution in [2.75, 3.05) is 31.1 Å². The molecule has 8 heteroatoms. The summed E-state index contributed by atoms with van der Waals surface area (Å²) in [5, 5.41) is 18.8. The Bertz CT molecular complexity index is 1020. The zero-order chi connectivity index (χ0) is 19.3. The van der Waals surface area contributed by atoms with E-state index in [1.165, 1.54) is 24.0 Å². The largest absolute Gasteiger partial charge is 0.389 e. The summed E-state index contributed by atoms with van der Waals surface area (Å²) in [4.78, 5) is 11.3. The first-order valence-corrected chi connectivity index (χ1v) is 10.1. The molecule has 1 aromatic carbocycles. The van der Waals surface area contributed by atoms with Crippen LogP contribution in [0.3, 0.4) is 0 Å². The van der Waals surface area contributed by atoms with Gasteiger partial charge in [-0.2, -0.15) is 5.10 Å². The number of aliphatic hydroxyl groups excluding tert-OH is 1. The fourth-order valence-corrected chi connectivity index (χ4v) is 4.41. The molecule has 3 aromatic rings. The van der Waals surface area contributed by atoms with Gasteiger partial charge in [-0.3, -0.25) is 0 Å². The Morgan fingerprint density at radius 3 is 2.48 bits per heavy atom. The maximum absolute atomic E-state index is 9.62. The van der Waals surface area contributed by atoms with Gasteiger partial charge in [-0.1, -0.05) is 0 Å². The van der Waals surface area contributed by atoms with E-state index >= 15 is 0 Å². The highest BCUT2D eigenvalue weighted by molar-refractivity contribution is 5.85. The molecular formula is C21H27ClN6O. The van der Waals surface area contributed by atoms with Crippen molar-refractivity contribution >= 4 is 29.1 Å². The lowest BCUT2D eigenvalue weighted by Gasteiger charge is -2.36. The van der Waals surface area contributed by atoms with Crippen molar-refractivity contribution in [2.24, 2.45) is 0 Å². The van der Waals surface area contributed by atoms with Crippen LogP contribution >= 0.6 is 12.4 Å². The molecule has 0 atom stereocenters. The summed E-state index contributed by atoms with van der Waals surface area (Å²) in [6.07, 6.45) is 4.00. The molecule has 0 spiro atoms. The summed E-state index contributed by atoms with van der Waals surface area (Å²) in [6.45, 7) is 7.51. The van der Waals surface area contributed by atoms with Gasteiger partial charge < -0.3 is 15.3 Å². The smallest absolute Gasteiger partial charge is 0.159 e. The zero-order valence-electron chi connectivity index (χ0n) is 16.8. The number of nitrogens with zero attached hydrogens (tertiary/aromatic N) is 5. The predicted octanol–water partition coefficient (Wildman–Crippen LogP) is 2.50. The summed E-state index contributed by atoms with van der Waals surface area (Å²) < 4.78 is 1.92. The Balaban J connectivity index is 0.00000205. The van der Waals surface area contributed by atoms with Crippen molar-refractivity contribution in [3.05, 3.63) is 41.3 Å². The third-order valence-electron chi connectivity index (χ3n) is 5.95. The number of hydrogen-bond acceptors (Lipinski definition) is 6. The Labute approximate surface area is 176 Å². The lowest BCUT2D eigenvalue weighted by molar-refractivity contribution is 0.141. The maximum Gasteiger partial charge on any atom is 0.159 e. The minimum absolute atomic E-state index is 0. The van der Waals surface area contributed by atoms with E-state index in [1.54, 1.807) is 0 Å².